The van der Waals surface area contributed by atoms with Crippen LogP contribution in [-0.2, 0) is 14.3 Å². The van der Waals surface area contributed by atoms with Crippen LogP contribution >= 0.6 is 0 Å². The third kappa shape index (κ3) is 5.62. The Balaban J connectivity index is 1.80. The smallest absolute Gasteiger partial charge is 0.344 e. The van der Waals surface area contributed by atoms with Crippen LogP contribution in [0.5, 0.6) is 11.5 Å². The molecular weight excluding hydrogens is 338 g/mol. The van der Waals surface area contributed by atoms with Crippen molar-refractivity contribution in [2.45, 2.75) is 6.92 Å². The second-order valence-corrected chi connectivity index (χ2v) is 5.40. The minimum atomic E-state index is -0.703. The average molecular weight is 357 g/mol. The fourth-order valence-electron chi connectivity index (χ4n) is 2.12. The van der Waals surface area contributed by atoms with E-state index in [0.717, 1.165) is 5.56 Å². The predicted molar refractivity (Wildman–Crippen MR) is 94.6 cm³/mol. The average Bonchev–Trinajstić information content (AvgIpc) is 2.64. The van der Waals surface area contributed by atoms with Crippen LogP contribution in [0.25, 0.3) is 0 Å². The van der Waals surface area contributed by atoms with Gasteiger partial charge in [-0.1, -0.05) is 12.1 Å². The van der Waals surface area contributed by atoms with E-state index in [9.17, 15) is 14.4 Å². The maximum Gasteiger partial charge on any atom is 0.344 e. The summed E-state index contributed by atoms with van der Waals surface area (Å²) in [7, 11) is 1.42. The molecule has 0 atom stereocenters. The molecule has 1 N–H and O–H groups in total. The summed E-state index contributed by atoms with van der Waals surface area (Å²) in [6, 6.07) is 11.8. The molecule has 0 unspecified atom stereocenters. The van der Waals surface area contributed by atoms with Gasteiger partial charge in [-0.3, -0.25) is 9.59 Å². The fraction of sp³-hybridized carbons (Fsp3) is 0.211. The summed E-state index contributed by atoms with van der Waals surface area (Å²) in [6.45, 7) is 1.09. The number of anilines is 1. The SMILES string of the molecule is COc1cc(C=O)ccc1OCC(=O)OCC(=O)Nc1cccc(C)c1. The summed E-state index contributed by atoms with van der Waals surface area (Å²) < 4.78 is 15.3. The molecule has 0 spiro atoms. The number of ether oxygens (including phenoxy) is 3. The molecule has 2 rings (SSSR count). The van der Waals surface area contributed by atoms with E-state index >= 15 is 0 Å². The molecule has 2 aromatic rings. The van der Waals surface area contributed by atoms with Gasteiger partial charge in [0.15, 0.2) is 24.7 Å². The second kappa shape index (κ2) is 9.22. The Morgan fingerprint density at radius 1 is 1.08 bits per heavy atom. The van der Waals surface area contributed by atoms with Gasteiger partial charge in [0.05, 0.1) is 7.11 Å². The van der Waals surface area contributed by atoms with E-state index in [4.69, 9.17) is 14.2 Å². The Labute approximate surface area is 150 Å². The van der Waals surface area contributed by atoms with Gasteiger partial charge < -0.3 is 19.5 Å². The molecule has 26 heavy (non-hydrogen) atoms. The van der Waals surface area contributed by atoms with Crippen molar-refractivity contribution < 1.29 is 28.6 Å². The first kappa shape index (κ1) is 19.0. The molecule has 0 saturated carbocycles. The van der Waals surface area contributed by atoms with Crippen LogP contribution in [0.4, 0.5) is 5.69 Å². The van der Waals surface area contributed by atoms with Crippen LogP contribution in [-0.4, -0.2) is 38.5 Å². The molecule has 2 aromatic carbocycles. The zero-order chi connectivity index (χ0) is 18.9. The highest BCUT2D eigenvalue weighted by atomic mass is 16.6. The van der Waals surface area contributed by atoms with Crippen LogP contribution in [0.15, 0.2) is 42.5 Å². The molecule has 136 valence electrons. The summed E-state index contributed by atoms with van der Waals surface area (Å²) in [5, 5.41) is 2.63. The van der Waals surface area contributed by atoms with Gasteiger partial charge >= 0.3 is 5.97 Å². The Morgan fingerprint density at radius 3 is 2.58 bits per heavy atom. The number of rotatable bonds is 8. The molecule has 0 radical (unpaired) electrons. The minimum absolute atomic E-state index is 0.291. The lowest BCUT2D eigenvalue weighted by Gasteiger charge is -2.11. The zero-order valence-corrected chi connectivity index (χ0v) is 14.5. The molecule has 0 saturated heterocycles. The lowest BCUT2D eigenvalue weighted by Crippen LogP contribution is -2.23. The molecule has 0 aromatic heterocycles. The molecule has 0 fully saturated rings. The first-order valence-electron chi connectivity index (χ1n) is 7.80. The molecule has 0 aliphatic carbocycles. The fourth-order valence-corrected chi connectivity index (χ4v) is 2.12. The van der Waals surface area contributed by atoms with E-state index in [2.05, 4.69) is 5.32 Å². The number of benzene rings is 2. The van der Waals surface area contributed by atoms with Gasteiger partial charge in [-0.05, 0) is 42.8 Å². The summed E-state index contributed by atoms with van der Waals surface area (Å²) in [5.41, 5.74) is 2.05. The van der Waals surface area contributed by atoms with Crippen molar-refractivity contribution in [3.8, 4) is 11.5 Å². The standard InChI is InChI=1S/C19H19NO6/c1-13-4-3-5-15(8-13)20-18(22)11-26-19(23)12-25-16-7-6-14(10-21)9-17(16)24-2/h3-10H,11-12H2,1-2H3,(H,20,22). The largest absolute Gasteiger partial charge is 0.493 e. The number of amides is 1. The van der Waals surface area contributed by atoms with Crippen molar-refractivity contribution in [1.29, 1.82) is 0 Å². The number of aryl methyl sites for hydroxylation is 1. The first-order valence-corrected chi connectivity index (χ1v) is 7.80. The Morgan fingerprint density at radius 2 is 1.88 bits per heavy atom. The molecular formula is C19H19NO6. The summed E-state index contributed by atoms with van der Waals surface area (Å²) in [4.78, 5) is 34.3. The Hall–Kier alpha value is -3.35. The quantitative estimate of drug-likeness (QED) is 0.576. The Kier molecular flexibility index (Phi) is 6.73. The summed E-state index contributed by atoms with van der Waals surface area (Å²) >= 11 is 0. The highest BCUT2D eigenvalue weighted by Crippen LogP contribution is 2.27. The van der Waals surface area contributed by atoms with E-state index < -0.39 is 25.1 Å². The van der Waals surface area contributed by atoms with E-state index in [1.807, 2.05) is 19.1 Å². The number of carbonyl (C=O) groups excluding carboxylic acids is 3. The van der Waals surface area contributed by atoms with Gasteiger partial charge in [-0.2, -0.15) is 0 Å². The summed E-state index contributed by atoms with van der Waals surface area (Å²) in [5.74, 6) is -0.540. The highest BCUT2D eigenvalue weighted by molar-refractivity contribution is 5.92. The van der Waals surface area contributed by atoms with Crippen LogP contribution < -0.4 is 14.8 Å². The van der Waals surface area contributed by atoms with Gasteiger partial charge in [0.25, 0.3) is 5.91 Å². The van der Waals surface area contributed by atoms with Crippen molar-refractivity contribution in [3.63, 3.8) is 0 Å². The van der Waals surface area contributed by atoms with E-state index in [-0.39, 0.29) is 0 Å². The van der Waals surface area contributed by atoms with E-state index in [1.54, 1.807) is 12.1 Å². The number of esters is 1. The zero-order valence-electron chi connectivity index (χ0n) is 14.5. The lowest BCUT2D eigenvalue weighted by atomic mass is 10.2. The number of nitrogens with one attached hydrogen (secondary N) is 1. The third-order valence-corrected chi connectivity index (χ3v) is 3.34. The Bertz CT molecular complexity index is 802. The molecule has 7 nitrogen and oxygen atoms in total. The summed E-state index contributed by atoms with van der Waals surface area (Å²) in [6.07, 6.45) is 0.674. The number of hydrogen-bond donors (Lipinski definition) is 1. The minimum Gasteiger partial charge on any atom is -0.493 e. The molecule has 7 heteroatoms. The molecule has 0 bridgehead atoms. The van der Waals surface area contributed by atoms with Gasteiger partial charge in [-0.25, -0.2) is 4.79 Å². The van der Waals surface area contributed by atoms with Gasteiger partial charge in [0, 0.05) is 11.3 Å². The van der Waals surface area contributed by atoms with Crippen LogP contribution in [0.1, 0.15) is 15.9 Å². The van der Waals surface area contributed by atoms with Gasteiger partial charge in [0.1, 0.15) is 6.29 Å². The predicted octanol–water partition coefficient (Wildman–Crippen LogP) is 2.38. The lowest BCUT2D eigenvalue weighted by molar-refractivity contribution is -0.149. The molecule has 1 amide bonds. The van der Waals surface area contributed by atoms with Crippen LogP contribution in [0, 0.1) is 6.92 Å². The number of methoxy groups -OCH3 is 1. The van der Waals surface area contributed by atoms with Crippen molar-refractivity contribution in [2.75, 3.05) is 25.6 Å². The maximum atomic E-state index is 11.8. The first-order chi connectivity index (χ1) is 12.5. The van der Waals surface area contributed by atoms with Crippen molar-refractivity contribution >= 4 is 23.9 Å². The normalized spacial score (nSPS) is 9.92. The van der Waals surface area contributed by atoms with E-state index in [0.29, 0.717) is 29.0 Å². The van der Waals surface area contributed by atoms with E-state index in [1.165, 1.54) is 25.3 Å². The van der Waals surface area contributed by atoms with Gasteiger partial charge in [0.2, 0.25) is 0 Å². The van der Waals surface area contributed by atoms with Crippen molar-refractivity contribution in [1.82, 2.24) is 0 Å². The van der Waals surface area contributed by atoms with Gasteiger partial charge in [-0.15, -0.1) is 0 Å². The number of aldehydes is 1. The highest BCUT2D eigenvalue weighted by Gasteiger charge is 2.11. The molecule has 0 heterocycles. The van der Waals surface area contributed by atoms with Crippen LogP contribution in [0.3, 0.4) is 0 Å². The number of hydrogen-bond acceptors (Lipinski definition) is 6. The number of carbonyl (C=O) groups is 3. The molecule has 0 aliphatic heterocycles. The molecule has 0 aliphatic rings. The monoisotopic (exact) mass is 357 g/mol. The topological polar surface area (TPSA) is 90.9 Å². The van der Waals surface area contributed by atoms with Crippen molar-refractivity contribution in [2.24, 2.45) is 0 Å². The van der Waals surface area contributed by atoms with Crippen molar-refractivity contribution in [3.05, 3.63) is 53.6 Å². The maximum absolute atomic E-state index is 11.8. The van der Waals surface area contributed by atoms with Crippen LogP contribution in [0.2, 0.25) is 0 Å². The second-order valence-electron chi connectivity index (χ2n) is 5.40. The third-order valence-electron chi connectivity index (χ3n) is 3.34.